The Bertz CT molecular complexity index is 1480. The lowest BCUT2D eigenvalue weighted by molar-refractivity contribution is 0.340. The van der Waals surface area contributed by atoms with Gasteiger partial charge in [0, 0.05) is 16.0 Å². The Morgan fingerprint density at radius 3 is 2.53 bits per heavy atom. The zero-order valence-corrected chi connectivity index (χ0v) is 17.8. The van der Waals surface area contributed by atoms with Crippen molar-refractivity contribution in [1.82, 2.24) is 19.9 Å². The second-order valence-electron chi connectivity index (χ2n) is 6.97. The molecule has 0 bridgehead atoms. The second-order valence-corrected chi connectivity index (χ2v) is 7.41. The first kappa shape index (κ1) is 20.0. The number of halogens is 1. The van der Waals surface area contributed by atoms with E-state index in [2.05, 4.69) is 15.2 Å². The number of rotatable bonds is 5. The van der Waals surface area contributed by atoms with Crippen molar-refractivity contribution in [2.75, 3.05) is 6.61 Å². The fourth-order valence-corrected chi connectivity index (χ4v) is 3.62. The highest BCUT2D eigenvalue weighted by atomic mass is 35.5. The van der Waals surface area contributed by atoms with Gasteiger partial charge in [-0.2, -0.15) is 14.8 Å². The molecule has 0 aliphatic rings. The molecule has 2 heterocycles. The third kappa shape index (κ3) is 3.63. The summed E-state index contributed by atoms with van der Waals surface area (Å²) in [5.41, 5.74) is 1.46. The zero-order chi connectivity index (χ0) is 22.1. The van der Waals surface area contributed by atoms with E-state index in [1.54, 1.807) is 36.4 Å². The van der Waals surface area contributed by atoms with Crippen molar-refractivity contribution in [3.8, 4) is 34.4 Å². The van der Waals surface area contributed by atoms with Crippen molar-refractivity contribution in [2.45, 2.75) is 6.92 Å². The summed E-state index contributed by atoms with van der Waals surface area (Å²) in [6.07, 6.45) is 0. The van der Waals surface area contributed by atoms with Crippen molar-refractivity contribution < 1.29 is 9.26 Å². The normalized spacial score (nSPS) is 11.1. The van der Waals surface area contributed by atoms with E-state index in [0.29, 0.717) is 39.6 Å². The molecule has 5 aromatic rings. The molecule has 3 aromatic carbocycles. The third-order valence-electron chi connectivity index (χ3n) is 4.91. The van der Waals surface area contributed by atoms with Gasteiger partial charge in [0.05, 0.1) is 17.7 Å². The highest BCUT2D eigenvalue weighted by Crippen LogP contribution is 2.27. The van der Waals surface area contributed by atoms with E-state index < -0.39 is 0 Å². The summed E-state index contributed by atoms with van der Waals surface area (Å²) in [5, 5.41) is 10.3. The Hall–Kier alpha value is -3.97. The molecule has 8 heteroatoms. The van der Waals surface area contributed by atoms with Crippen LogP contribution in [0.4, 0.5) is 0 Å². The standard InChI is InChI=1S/C24H17ClN4O3/c1-2-31-18-12-10-15(11-13-18)22-26-23(32-28-22)21-19-8-3-4-9-20(19)24(30)29(27-21)17-7-5-6-16(25)14-17/h3-14H,2H2,1H3. The SMILES string of the molecule is CCOc1ccc(-c2noc(-c3nn(-c4cccc(Cl)c4)c(=O)c4ccccc34)n2)cc1. The van der Waals surface area contributed by atoms with E-state index in [9.17, 15) is 4.79 Å². The topological polar surface area (TPSA) is 83.0 Å². The number of hydrogen-bond acceptors (Lipinski definition) is 6. The minimum absolute atomic E-state index is 0.209. The molecule has 0 radical (unpaired) electrons. The smallest absolute Gasteiger partial charge is 0.279 e. The summed E-state index contributed by atoms with van der Waals surface area (Å²) >= 11 is 6.13. The minimum Gasteiger partial charge on any atom is -0.494 e. The first-order chi connectivity index (χ1) is 15.6. The van der Waals surface area contributed by atoms with Crippen LogP contribution < -0.4 is 10.3 Å². The highest BCUT2D eigenvalue weighted by molar-refractivity contribution is 6.30. The molecule has 0 amide bonds. The summed E-state index contributed by atoms with van der Waals surface area (Å²) in [4.78, 5) is 17.7. The lowest BCUT2D eigenvalue weighted by Gasteiger charge is -2.09. The van der Waals surface area contributed by atoms with Gasteiger partial charge in [-0.3, -0.25) is 4.79 Å². The second kappa shape index (κ2) is 8.28. The molecule has 0 atom stereocenters. The highest BCUT2D eigenvalue weighted by Gasteiger charge is 2.19. The Balaban J connectivity index is 1.65. The molecule has 7 nitrogen and oxygen atoms in total. The molecule has 0 aliphatic heterocycles. The van der Waals surface area contributed by atoms with Crippen LogP contribution in [0.1, 0.15) is 6.92 Å². The van der Waals surface area contributed by atoms with Gasteiger partial charge in [-0.25, -0.2) is 0 Å². The summed E-state index contributed by atoms with van der Waals surface area (Å²) in [6, 6.07) is 21.5. The maximum absolute atomic E-state index is 13.1. The average Bonchev–Trinajstić information content (AvgIpc) is 3.30. The van der Waals surface area contributed by atoms with E-state index in [1.807, 2.05) is 43.3 Å². The Kier molecular flexibility index (Phi) is 5.17. The molecule has 0 N–H and O–H groups in total. The Morgan fingerprint density at radius 2 is 1.78 bits per heavy atom. The van der Waals surface area contributed by atoms with Crippen LogP contribution in [0, 0.1) is 0 Å². The van der Waals surface area contributed by atoms with Crippen LogP contribution in [-0.2, 0) is 0 Å². The molecule has 0 unspecified atom stereocenters. The molecule has 2 aromatic heterocycles. The van der Waals surface area contributed by atoms with Crippen LogP contribution in [-0.4, -0.2) is 26.5 Å². The van der Waals surface area contributed by atoms with Crippen molar-refractivity contribution in [3.63, 3.8) is 0 Å². The maximum Gasteiger partial charge on any atom is 0.279 e. The van der Waals surface area contributed by atoms with Gasteiger partial charge in [-0.1, -0.05) is 41.0 Å². The lowest BCUT2D eigenvalue weighted by atomic mass is 10.1. The van der Waals surface area contributed by atoms with Gasteiger partial charge >= 0.3 is 0 Å². The van der Waals surface area contributed by atoms with E-state index in [-0.39, 0.29) is 11.4 Å². The summed E-state index contributed by atoms with van der Waals surface area (Å²) in [5.74, 6) is 1.39. The molecular weight excluding hydrogens is 428 g/mol. The van der Waals surface area contributed by atoms with E-state index in [4.69, 9.17) is 20.9 Å². The van der Waals surface area contributed by atoms with Crippen LogP contribution in [0.2, 0.25) is 5.02 Å². The van der Waals surface area contributed by atoms with Crippen molar-refractivity contribution >= 4 is 22.4 Å². The molecule has 0 fully saturated rings. The van der Waals surface area contributed by atoms with Gasteiger partial charge in [0.25, 0.3) is 11.4 Å². The van der Waals surface area contributed by atoms with Gasteiger partial charge in [0.15, 0.2) is 5.69 Å². The monoisotopic (exact) mass is 444 g/mol. The zero-order valence-electron chi connectivity index (χ0n) is 17.0. The third-order valence-corrected chi connectivity index (χ3v) is 5.14. The molecule has 0 aliphatic carbocycles. The molecular formula is C24H17ClN4O3. The first-order valence-electron chi connectivity index (χ1n) is 9.99. The van der Waals surface area contributed by atoms with Crippen molar-refractivity contribution in [3.05, 3.63) is 88.2 Å². The summed E-state index contributed by atoms with van der Waals surface area (Å²) in [6.45, 7) is 2.52. The van der Waals surface area contributed by atoms with Crippen LogP contribution >= 0.6 is 11.6 Å². The number of nitrogens with zero attached hydrogens (tertiary/aromatic N) is 4. The average molecular weight is 445 g/mol. The van der Waals surface area contributed by atoms with Crippen LogP contribution in [0.5, 0.6) is 5.75 Å². The predicted molar refractivity (Wildman–Crippen MR) is 122 cm³/mol. The van der Waals surface area contributed by atoms with Crippen LogP contribution in [0.25, 0.3) is 39.4 Å². The van der Waals surface area contributed by atoms with E-state index in [1.165, 1.54) is 4.68 Å². The number of ether oxygens (including phenoxy) is 1. The van der Waals surface area contributed by atoms with Gasteiger partial charge < -0.3 is 9.26 Å². The van der Waals surface area contributed by atoms with Gasteiger partial charge in [0.1, 0.15) is 5.75 Å². The quantitative estimate of drug-likeness (QED) is 0.372. The van der Waals surface area contributed by atoms with Crippen molar-refractivity contribution in [1.29, 1.82) is 0 Å². The summed E-state index contributed by atoms with van der Waals surface area (Å²) in [7, 11) is 0. The lowest BCUT2D eigenvalue weighted by Crippen LogP contribution is -2.22. The van der Waals surface area contributed by atoms with Gasteiger partial charge in [-0.05, 0) is 55.5 Å². The van der Waals surface area contributed by atoms with Gasteiger partial charge in [0.2, 0.25) is 5.82 Å². The van der Waals surface area contributed by atoms with Gasteiger partial charge in [-0.15, -0.1) is 0 Å². The number of hydrogen-bond donors (Lipinski definition) is 0. The van der Waals surface area contributed by atoms with E-state index >= 15 is 0 Å². The van der Waals surface area contributed by atoms with Crippen molar-refractivity contribution in [2.24, 2.45) is 0 Å². The molecule has 0 spiro atoms. The predicted octanol–water partition coefficient (Wildman–Crippen LogP) is 5.15. The molecule has 0 saturated heterocycles. The first-order valence-corrected chi connectivity index (χ1v) is 10.4. The number of benzene rings is 3. The summed E-state index contributed by atoms with van der Waals surface area (Å²) < 4.78 is 12.3. The number of fused-ring (bicyclic) bond motifs is 1. The van der Waals surface area contributed by atoms with E-state index in [0.717, 1.165) is 11.3 Å². The molecule has 32 heavy (non-hydrogen) atoms. The maximum atomic E-state index is 13.1. The molecule has 158 valence electrons. The van der Waals surface area contributed by atoms with Crippen LogP contribution in [0.15, 0.2) is 82.1 Å². The molecule has 5 rings (SSSR count). The van der Waals surface area contributed by atoms with Crippen LogP contribution in [0.3, 0.4) is 0 Å². The fourth-order valence-electron chi connectivity index (χ4n) is 3.43. The Labute approximate surface area is 187 Å². The molecule has 0 saturated carbocycles. The number of aromatic nitrogens is 4. The minimum atomic E-state index is -0.266. The largest absolute Gasteiger partial charge is 0.494 e. The fraction of sp³-hybridized carbons (Fsp3) is 0.0833. The Morgan fingerprint density at radius 1 is 1.00 bits per heavy atom.